The second-order valence-electron chi connectivity index (χ2n) is 7.15. The molecule has 0 aromatic heterocycles. The van der Waals surface area contributed by atoms with Crippen molar-refractivity contribution in [1.82, 2.24) is 5.32 Å². The van der Waals surface area contributed by atoms with Crippen molar-refractivity contribution >= 4 is 5.91 Å². The third-order valence-electron chi connectivity index (χ3n) is 5.03. The van der Waals surface area contributed by atoms with Crippen molar-refractivity contribution in [3.8, 4) is 5.75 Å². The highest BCUT2D eigenvalue weighted by Gasteiger charge is 2.34. The number of carbonyl (C=O) groups excluding carboxylic acids is 1. The molecule has 0 aliphatic carbocycles. The van der Waals surface area contributed by atoms with E-state index >= 15 is 0 Å². The Labute approximate surface area is 155 Å². The number of aryl methyl sites for hydroxylation is 2. The Morgan fingerprint density at radius 1 is 1.08 bits per heavy atom. The molecule has 4 heteroatoms. The van der Waals surface area contributed by atoms with E-state index in [-0.39, 0.29) is 17.9 Å². The van der Waals surface area contributed by atoms with Crippen LogP contribution in [0.1, 0.15) is 29.5 Å². The van der Waals surface area contributed by atoms with E-state index in [9.17, 15) is 4.79 Å². The third kappa shape index (κ3) is 4.64. The van der Waals surface area contributed by atoms with Crippen molar-refractivity contribution in [1.29, 1.82) is 0 Å². The fourth-order valence-corrected chi connectivity index (χ4v) is 3.61. The molecule has 0 saturated carbocycles. The first-order valence-corrected chi connectivity index (χ1v) is 9.18. The quantitative estimate of drug-likeness (QED) is 0.864. The molecule has 1 N–H and O–H groups in total. The zero-order valence-corrected chi connectivity index (χ0v) is 15.6. The summed E-state index contributed by atoms with van der Waals surface area (Å²) in [6, 6.07) is 16.4. The van der Waals surface area contributed by atoms with Crippen LogP contribution in [-0.4, -0.2) is 32.3 Å². The lowest BCUT2D eigenvalue weighted by molar-refractivity contribution is -0.123. The maximum absolute atomic E-state index is 12.3. The van der Waals surface area contributed by atoms with Gasteiger partial charge in [-0.3, -0.25) is 4.79 Å². The van der Waals surface area contributed by atoms with Crippen LogP contribution in [0, 0.1) is 13.8 Å². The zero-order valence-electron chi connectivity index (χ0n) is 15.6. The van der Waals surface area contributed by atoms with Gasteiger partial charge in [-0.2, -0.15) is 0 Å². The van der Waals surface area contributed by atoms with Gasteiger partial charge in [-0.25, -0.2) is 0 Å². The van der Waals surface area contributed by atoms with Crippen LogP contribution in [0.5, 0.6) is 5.75 Å². The molecule has 0 spiro atoms. The van der Waals surface area contributed by atoms with E-state index in [0.717, 1.165) is 42.9 Å². The van der Waals surface area contributed by atoms with Gasteiger partial charge >= 0.3 is 0 Å². The summed E-state index contributed by atoms with van der Waals surface area (Å²) in [5.41, 5.74) is 3.46. The molecule has 1 saturated heterocycles. The fraction of sp³-hybridized carbons (Fsp3) is 0.409. The van der Waals surface area contributed by atoms with E-state index in [2.05, 4.69) is 35.6 Å². The van der Waals surface area contributed by atoms with Crippen molar-refractivity contribution in [2.75, 3.05) is 26.4 Å². The molecule has 1 aliphatic heterocycles. The number of ether oxygens (including phenoxy) is 2. The molecule has 26 heavy (non-hydrogen) atoms. The lowest BCUT2D eigenvalue weighted by Crippen LogP contribution is -2.45. The third-order valence-corrected chi connectivity index (χ3v) is 5.03. The van der Waals surface area contributed by atoms with Crippen LogP contribution in [0.4, 0.5) is 0 Å². The normalized spacial score (nSPS) is 16.1. The lowest BCUT2D eigenvalue weighted by atomic mass is 9.74. The molecule has 1 heterocycles. The summed E-state index contributed by atoms with van der Waals surface area (Å²) in [4.78, 5) is 12.3. The highest BCUT2D eigenvalue weighted by molar-refractivity contribution is 5.77. The molecule has 138 valence electrons. The van der Waals surface area contributed by atoms with Gasteiger partial charge in [0.2, 0.25) is 0 Å². The van der Waals surface area contributed by atoms with Gasteiger partial charge in [0.1, 0.15) is 5.75 Å². The van der Waals surface area contributed by atoms with Crippen LogP contribution in [0.25, 0.3) is 0 Å². The van der Waals surface area contributed by atoms with Crippen LogP contribution in [-0.2, 0) is 14.9 Å². The van der Waals surface area contributed by atoms with Gasteiger partial charge in [-0.15, -0.1) is 0 Å². The van der Waals surface area contributed by atoms with Crippen molar-refractivity contribution in [2.24, 2.45) is 0 Å². The van der Waals surface area contributed by atoms with Crippen LogP contribution < -0.4 is 10.1 Å². The van der Waals surface area contributed by atoms with Crippen molar-refractivity contribution in [2.45, 2.75) is 32.1 Å². The Morgan fingerprint density at radius 2 is 1.73 bits per heavy atom. The predicted molar refractivity (Wildman–Crippen MR) is 103 cm³/mol. The van der Waals surface area contributed by atoms with Gasteiger partial charge in [0.15, 0.2) is 6.61 Å². The summed E-state index contributed by atoms with van der Waals surface area (Å²) in [6.07, 6.45) is 1.82. The Morgan fingerprint density at radius 3 is 2.38 bits per heavy atom. The van der Waals surface area contributed by atoms with Crippen molar-refractivity contribution in [3.63, 3.8) is 0 Å². The number of hydrogen-bond donors (Lipinski definition) is 1. The van der Waals surface area contributed by atoms with E-state index in [1.807, 2.05) is 32.0 Å². The first-order valence-electron chi connectivity index (χ1n) is 9.18. The minimum atomic E-state index is -0.0917. The molecule has 2 aromatic rings. The van der Waals surface area contributed by atoms with Crippen LogP contribution in [0.2, 0.25) is 0 Å². The standard InChI is InChI=1S/C22H27NO3/c1-17-12-18(2)14-20(13-17)26-15-21(24)23-16-22(8-10-25-11-9-22)19-6-4-3-5-7-19/h3-7,12-14H,8-11,15-16H2,1-2H3,(H,23,24). The Bertz CT molecular complexity index is 716. The first-order chi connectivity index (χ1) is 12.6. The molecule has 1 aliphatic rings. The molecule has 0 radical (unpaired) electrons. The highest BCUT2D eigenvalue weighted by atomic mass is 16.5. The summed E-state index contributed by atoms with van der Waals surface area (Å²) in [6.45, 7) is 6.14. The molecule has 4 nitrogen and oxygen atoms in total. The molecule has 3 rings (SSSR count). The SMILES string of the molecule is Cc1cc(C)cc(OCC(=O)NCC2(c3ccccc3)CCOCC2)c1. The second-order valence-corrected chi connectivity index (χ2v) is 7.15. The second kappa shape index (κ2) is 8.37. The summed E-state index contributed by atoms with van der Waals surface area (Å²) in [7, 11) is 0. The average Bonchev–Trinajstić information content (AvgIpc) is 2.65. The monoisotopic (exact) mass is 353 g/mol. The van der Waals surface area contributed by atoms with Crippen LogP contribution >= 0.6 is 0 Å². The Kier molecular flexibility index (Phi) is 5.94. The van der Waals surface area contributed by atoms with Crippen LogP contribution in [0.15, 0.2) is 48.5 Å². The van der Waals surface area contributed by atoms with E-state index in [1.54, 1.807) is 0 Å². The Hall–Kier alpha value is -2.33. The molecule has 1 amide bonds. The van der Waals surface area contributed by atoms with Gasteiger partial charge in [0.05, 0.1) is 0 Å². The Balaban J connectivity index is 1.59. The van der Waals surface area contributed by atoms with E-state index < -0.39 is 0 Å². The molecular formula is C22H27NO3. The molecule has 0 bridgehead atoms. The molecule has 2 aromatic carbocycles. The smallest absolute Gasteiger partial charge is 0.257 e. The number of carbonyl (C=O) groups is 1. The number of amides is 1. The topological polar surface area (TPSA) is 47.6 Å². The molecule has 0 unspecified atom stereocenters. The lowest BCUT2D eigenvalue weighted by Gasteiger charge is -2.38. The summed E-state index contributed by atoms with van der Waals surface area (Å²) in [5, 5.41) is 3.07. The van der Waals surface area contributed by atoms with E-state index in [1.165, 1.54) is 5.56 Å². The summed E-state index contributed by atoms with van der Waals surface area (Å²) in [5.74, 6) is 0.646. The maximum Gasteiger partial charge on any atom is 0.257 e. The van der Waals surface area contributed by atoms with Gasteiger partial charge in [0, 0.05) is 25.2 Å². The van der Waals surface area contributed by atoms with Crippen molar-refractivity contribution < 1.29 is 14.3 Å². The molecular weight excluding hydrogens is 326 g/mol. The maximum atomic E-state index is 12.3. The first kappa shape index (κ1) is 18.5. The highest BCUT2D eigenvalue weighted by Crippen LogP contribution is 2.34. The number of nitrogens with one attached hydrogen (secondary N) is 1. The van der Waals surface area contributed by atoms with Gasteiger partial charge < -0.3 is 14.8 Å². The predicted octanol–water partition coefficient (Wildman–Crippen LogP) is 3.55. The van der Waals surface area contributed by atoms with Gasteiger partial charge in [0.25, 0.3) is 5.91 Å². The van der Waals surface area contributed by atoms with Gasteiger partial charge in [-0.05, 0) is 55.5 Å². The zero-order chi connectivity index (χ0) is 18.4. The minimum Gasteiger partial charge on any atom is -0.484 e. The molecule has 1 fully saturated rings. The van der Waals surface area contributed by atoms with Gasteiger partial charge in [-0.1, -0.05) is 36.4 Å². The molecule has 0 atom stereocenters. The summed E-state index contributed by atoms with van der Waals surface area (Å²) >= 11 is 0. The number of hydrogen-bond acceptors (Lipinski definition) is 3. The van der Waals surface area contributed by atoms with E-state index in [0.29, 0.717) is 6.54 Å². The van der Waals surface area contributed by atoms with Crippen molar-refractivity contribution in [3.05, 3.63) is 65.2 Å². The number of benzene rings is 2. The van der Waals surface area contributed by atoms with Crippen LogP contribution in [0.3, 0.4) is 0 Å². The minimum absolute atomic E-state index is 0.0320. The summed E-state index contributed by atoms with van der Waals surface area (Å²) < 4.78 is 11.2. The fourth-order valence-electron chi connectivity index (χ4n) is 3.61. The van der Waals surface area contributed by atoms with E-state index in [4.69, 9.17) is 9.47 Å². The largest absolute Gasteiger partial charge is 0.484 e. The number of rotatable bonds is 6. The average molecular weight is 353 g/mol.